The Morgan fingerprint density at radius 3 is 2.00 bits per heavy atom. The van der Waals surface area contributed by atoms with Crippen LogP contribution in [0, 0.1) is 0 Å². The standard InChI is InChI=1S/C16H26BrN/c1-15(2,3)14-8-6-13(7-9-14)12-18-16(4,5)10-11-17/h6-9,18H,10-12H2,1-5H3. The third-order valence-corrected chi connectivity index (χ3v) is 3.71. The summed E-state index contributed by atoms with van der Waals surface area (Å²) in [5, 5.41) is 4.64. The van der Waals surface area contributed by atoms with Crippen molar-refractivity contribution in [3.63, 3.8) is 0 Å². The second kappa shape index (κ2) is 6.21. The molecule has 0 amide bonds. The fourth-order valence-corrected chi connectivity index (χ4v) is 2.78. The molecule has 0 heterocycles. The Hall–Kier alpha value is -0.340. The first-order valence-electron chi connectivity index (χ1n) is 6.65. The first-order valence-corrected chi connectivity index (χ1v) is 7.77. The quantitative estimate of drug-likeness (QED) is 0.781. The van der Waals surface area contributed by atoms with Gasteiger partial charge in [0, 0.05) is 17.4 Å². The maximum absolute atomic E-state index is 3.60. The zero-order valence-corrected chi connectivity index (χ0v) is 13.9. The van der Waals surface area contributed by atoms with E-state index in [0.29, 0.717) is 0 Å². The summed E-state index contributed by atoms with van der Waals surface area (Å²) < 4.78 is 0. The molecule has 0 spiro atoms. The van der Waals surface area contributed by atoms with E-state index < -0.39 is 0 Å². The highest BCUT2D eigenvalue weighted by Gasteiger charge is 2.16. The van der Waals surface area contributed by atoms with E-state index in [4.69, 9.17) is 0 Å². The van der Waals surface area contributed by atoms with E-state index in [-0.39, 0.29) is 11.0 Å². The number of hydrogen-bond acceptors (Lipinski definition) is 1. The molecule has 0 saturated carbocycles. The molecule has 1 aromatic carbocycles. The molecule has 102 valence electrons. The van der Waals surface area contributed by atoms with Crippen LogP contribution < -0.4 is 5.32 Å². The maximum atomic E-state index is 3.60. The molecular formula is C16H26BrN. The minimum absolute atomic E-state index is 0.187. The summed E-state index contributed by atoms with van der Waals surface area (Å²) in [5.74, 6) is 0. The first-order chi connectivity index (χ1) is 8.24. The fourth-order valence-electron chi connectivity index (χ4n) is 1.79. The van der Waals surface area contributed by atoms with Gasteiger partial charge in [-0.25, -0.2) is 0 Å². The second-order valence-corrected chi connectivity index (χ2v) is 7.42. The van der Waals surface area contributed by atoms with E-state index in [0.717, 1.165) is 18.3 Å². The normalized spacial score (nSPS) is 12.8. The van der Waals surface area contributed by atoms with Crippen molar-refractivity contribution < 1.29 is 0 Å². The predicted molar refractivity (Wildman–Crippen MR) is 84.5 cm³/mol. The van der Waals surface area contributed by atoms with Crippen molar-refractivity contribution in [1.82, 2.24) is 5.32 Å². The lowest BCUT2D eigenvalue weighted by molar-refractivity contribution is 0.378. The molecule has 0 aliphatic heterocycles. The molecule has 1 nitrogen and oxygen atoms in total. The fraction of sp³-hybridized carbons (Fsp3) is 0.625. The first kappa shape index (κ1) is 15.7. The van der Waals surface area contributed by atoms with Gasteiger partial charge in [0.2, 0.25) is 0 Å². The zero-order valence-electron chi connectivity index (χ0n) is 12.3. The van der Waals surface area contributed by atoms with Crippen LogP contribution in [0.5, 0.6) is 0 Å². The number of nitrogens with one attached hydrogen (secondary N) is 1. The summed E-state index contributed by atoms with van der Waals surface area (Å²) >= 11 is 3.50. The highest BCUT2D eigenvalue weighted by atomic mass is 79.9. The van der Waals surface area contributed by atoms with E-state index in [1.165, 1.54) is 11.1 Å². The minimum atomic E-state index is 0.187. The van der Waals surface area contributed by atoms with Crippen LogP contribution in [0.3, 0.4) is 0 Å². The molecule has 1 aromatic rings. The Morgan fingerprint density at radius 1 is 1.00 bits per heavy atom. The van der Waals surface area contributed by atoms with E-state index in [2.05, 4.69) is 80.1 Å². The highest BCUT2D eigenvalue weighted by Crippen LogP contribution is 2.22. The van der Waals surface area contributed by atoms with Crippen LogP contribution >= 0.6 is 15.9 Å². The largest absolute Gasteiger partial charge is 0.308 e. The second-order valence-electron chi connectivity index (χ2n) is 6.62. The molecule has 0 saturated heterocycles. The summed E-state index contributed by atoms with van der Waals surface area (Å²) in [6.45, 7) is 12.2. The Balaban J connectivity index is 2.60. The Kier molecular flexibility index (Phi) is 5.42. The van der Waals surface area contributed by atoms with Gasteiger partial charge in [-0.1, -0.05) is 61.0 Å². The Bertz CT molecular complexity index is 360. The molecular weight excluding hydrogens is 286 g/mol. The zero-order chi connectivity index (χ0) is 13.8. The molecule has 0 fully saturated rings. The van der Waals surface area contributed by atoms with Gasteiger partial charge >= 0.3 is 0 Å². The van der Waals surface area contributed by atoms with Gasteiger partial charge in [0.1, 0.15) is 0 Å². The van der Waals surface area contributed by atoms with Gasteiger partial charge in [0.25, 0.3) is 0 Å². The molecule has 1 N–H and O–H groups in total. The van der Waals surface area contributed by atoms with E-state index in [1.807, 2.05) is 0 Å². The van der Waals surface area contributed by atoms with Crippen molar-refractivity contribution in [3.05, 3.63) is 35.4 Å². The number of benzene rings is 1. The van der Waals surface area contributed by atoms with Gasteiger partial charge in [0.15, 0.2) is 0 Å². The molecule has 0 atom stereocenters. The van der Waals surface area contributed by atoms with Crippen LogP contribution in [-0.2, 0) is 12.0 Å². The maximum Gasteiger partial charge on any atom is 0.0210 e. The molecule has 0 aliphatic rings. The molecule has 0 aromatic heterocycles. The Labute approximate surface area is 120 Å². The van der Waals surface area contributed by atoms with E-state index >= 15 is 0 Å². The number of hydrogen-bond donors (Lipinski definition) is 1. The lowest BCUT2D eigenvalue weighted by atomic mass is 9.86. The summed E-state index contributed by atoms with van der Waals surface area (Å²) in [7, 11) is 0. The number of alkyl halides is 1. The molecule has 0 unspecified atom stereocenters. The molecule has 18 heavy (non-hydrogen) atoms. The molecule has 0 bridgehead atoms. The van der Waals surface area contributed by atoms with Crippen molar-refractivity contribution in [1.29, 1.82) is 0 Å². The van der Waals surface area contributed by atoms with Crippen molar-refractivity contribution in [2.75, 3.05) is 5.33 Å². The van der Waals surface area contributed by atoms with Crippen molar-refractivity contribution in [2.45, 2.75) is 58.5 Å². The SMILES string of the molecule is CC(C)(CCBr)NCc1ccc(C(C)(C)C)cc1. The predicted octanol–water partition coefficient (Wildman–Crippen LogP) is 4.64. The molecule has 0 aliphatic carbocycles. The Morgan fingerprint density at radius 2 is 1.56 bits per heavy atom. The number of rotatable bonds is 5. The molecule has 1 rings (SSSR count). The highest BCUT2D eigenvalue weighted by molar-refractivity contribution is 9.09. The van der Waals surface area contributed by atoms with Crippen molar-refractivity contribution >= 4 is 15.9 Å². The monoisotopic (exact) mass is 311 g/mol. The van der Waals surface area contributed by atoms with E-state index in [1.54, 1.807) is 0 Å². The van der Waals surface area contributed by atoms with Crippen molar-refractivity contribution in [2.24, 2.45) is 0 Å². The van der Waals surface area contributed by atoms with Crippen molar-refractivity contribution in [3.8, 4) is 0 Å². The lowest BCUT2D eigenvalue weighted by Crippen LogP contribution is -2.38. The summed E-state index contributed by atoms with van der Waals surface area (Å²) in [4.78, 5) is 0. The van der Waals surface area contributed by atoms with Gasteiger partial charge < -0.3 is 5.32 Å². The van der Waals surface area contributed by atoms with Gasteiger partial charge in [-0.3, -0.25) is 0 Å². The minimum Gasteiger partial charge on any atom is -0.308 e. The van der Waals surface area contributed by atoms with Gasteiger partial charge in [-0.05, 0) is 36.8 Å². The van der Waals surface area contributed by atoms with Crippen LogP contribution in [0.2, 0.25) is 0 Å². The van der Waals surface area contributed by atoms with Crippen LogP contribution in [0.4, 0.5) is 0 Å². The molecule has 0 radical (unpaired) electrons. The van der Waals surface area contributed by atoms with Crippen LogP contribution in [-0.4, -0.2) is 10.9 Å². The third kappa shape index (κ3) is 5.11. The summed E-state index contributed by atoms with van der Waals surface area (Å²) in [6.07, 6.45) is 1.13. The number of halogens is 1. The van der Waals surface area contributed by atoms with Gasteiger partial charge in [-0.2, -0.15) is 0 Å². The lowest BCUT2D eigenvalue weighted by Gasteiger charge is -2.26. The van der Waals surface area contributed by atoms with Crippen LogP contribution in [0.25, 0.3) is 0 Å². The average Bonchev–Trinajstić information content (AvgIpc) is 2.26. The van der Waals surface area contributed by atoms with Crippen LogP contribution in [0.15, 0.2) is 24.3 Å². The van der Waals surface area contributed by atoms with Gasteiger partial charge in [-0.15, -0.1) is 0 Å². The molecule has 2 heteroatoms. The van der Waals surface area contributed by atoms with Gasteiger partial charge in [0.05, 0.1) is 0 Å². The van der Waals surface area contributed by atoms with E-state index in [9.17, 15) is 0 Å². The topological polar surface area (TPSA) is 12.0 Å². The average molecular weight is 312 g/mol. The third-order valence-electron chi connectivity index (χ3n) is 3.31. The smallest absolute Gasteiger partial charge is 0.0210 e. The summed E-state index contributed by atoms with van der Waals surface area (Å²) in [5.41, 5.74) is 3.17. The van der Waals surface area contributed by atoms with Crippen LogP contribution in [0.1, 0.15) is 52.2 Å². The summed E-state index contributed by atoms with van der Waals surface area (Å²) in [6, 6.07) is 8.96.